The van der Waals surface area contributed by atoms with Gasteiger partial charge in [-0.05, 0) is 69.4 Å². The van der Waals surface area contributed by atoms with E-state index in [1.807, 2.05) is 25.1 Å². The van der Waals surface area contributed by atoms with Crippen LogP contribution in [-0.2, 0) is 9.59 Å². The van der Waals surface area contributed by atoms with E-state index in [2.05, 4.69) is 11.9 Å². The van der Waals surface area contributed by atoms with Crippen molar-refractivity contribution in [1.82, 2.24) is 14.8 Å². The number of benzene rings is 1. The first-order valence-corrected chi connectivity index (χ1v) is 11.0. The molecule has 1 saturated heterocycles. The number of rotatable bonds is 10. The Hall–Kier alpha value is -3.19. The van der Waals surface area contributed by atoms with Crippen LogP contribution in [0, 0.1) is 0 Å². The zero-order valence-electron chi connectivity index (χ0n) is 19.0. The molecule has 1 aromatic carbocycles. The molecule has 3 rings (SSSR count). The van der Waals surface area contributed by atoms with E-state index in [-0.39, 0.29) is 11.3 Å². The highest BCUT2D eigenvalue weighted by Gasteiger charge is 2.45. The van der Waals surface area contributed by atoms with E-state index in [4.69, 9.17) is 4.74 Å². The number of aliphatic hydroxyl groups excluding tert-OH is 1. The maximum absolute atomic E-state index is 13.0. The molecule has 0 aliphatic carbocycles. The van der Waals surface area contributed by atoms with Crippen LogP contribution in [0.25, 0.3) is 5.76 Å². The van der Waals surface area contributed by atoms with Crippen LogP contribution in [0.2, 0.25) is 0 Å². The Bertz CT molecular complexity index is 955. The lowest BCUT2D eigenvalue weighted by Crippen LogP contribution is -2.32. The lowest BCUT2D eigenvalue weighted by atomic mass is 9.96. The van der Waals surface area contributed by atoms with Crippen molar-refractivity contribution in [2.45, 2.75) is 32.2 Å². The van der Waals surface area contributed by atoms with Crippen LogP contribution in [0.15, 0.2) is 54.4 Å². The molecule has 7 heteroatoms. The molecule has 1 N–H and O–H groups in total. The number of ether oxygens (including phenoxy) is 1. The van der Waals surface area contributed by atoms with E-state index in [0.29, 0.717) is 36.4 Å². The Morgan fingerprint density at radius 1 is 1.16 bits per heavy atom. The van der Waals surface area contributed by atoms with E-state index in [1.54, 1.807) is 42.7 Å². The summed E-state index contributed by atoms with van der Waals surface area (Å²) in [6, 6.07) is 9.84. The second-order valence-corrected chi connectivity index (χ2v) is 8.16. The minimum absolute atomic E-state index is 0.0903. The summed E-state index contributed by atoms with van der Waals surface area (Å²) in [5, 5.41) is 11.1. The highest BCUT2D eigenvalue weighted by molar-refractivity contribution is 6.46. The molecule has 1 fully saturated rings. The van der Waals surface area contributed by atoms with E-state index < -0.39 is 17.7 Å². The van der Waals surface area contributed by atoms with Gasteiger partial charge in [0.1, 0.15) is 11.5 Å². The minimum atomic E-state index is -0.676. The van der Waals surface area contributed by atoms with Crippen LogP contribution < -0.4 is 4.74 Å². The number of carbonyl (C=O) groups excluding carboxylic acids is 2. The van der Waals surface area contributed by atoms with Crippen LogP contribution in [0.5, 0.6) is 5.75 Å². The molecule has 0 saturated carbocycles. The molecule has 1 unspecified atom stereocenters. The van der Waals surface area contributed by atoms with Gasteiger partial charge in [-0.1, -0.05) is 19.4 Å². The standard InChI is InChI=1S/C25H31N3O4/c1-4-5-16-32-20-11-9-18(10-12-20)23(29)21-22(19-8-6-13-26-17-19)28(25(31)24(21)30)15-7-14-27(2)3/h6,8-13,17,22,29H,4-5,7,14-16H2,1-3H3. The monoisotopic (exact) mass is 437 g/mol. The van der Waals surface area contributed by atoms with Crippen LogP contribution in [0.1, 0.15) is 43.4 Å². The quantitative estimate of drug-likeness (QED) is 0.265. The van der Waals surface area contributed by atoms with Gasteiger partial charge < -0.3 is 19.6 Å². The molecule has 2 heterocycles. The van der Waals surface area contributed by atoms with Crippen molar-refractivity contribution in [3.63, 3.8) is 0 Å². The predicted molar refractivity (Wildman–Crippen MR) is 123 cm³/mol. The fourth-order valence-corrected chi connectivity index (χ4v) is 3.75. The number of aromatic nitrogens is 1. The summed E-state index contributed by atoms with van der Waals surface area (Å²) in [6.07, 6.45) is 5.99. The van der Waals surface area contributed by atoms with Gasteiger partial charge in [0.2, 0.25) is 0 Å². The lowest BCUT2D eigenvalue weighted by molar-refractivity contribution is -0.139. The number of hydrogen-bond donors (Lipinski definition) is 1. The Morgan fingerprint density at radius 3 is 2.53 bits per heavy atom. The van der Waals surface area contributed by atoms with Crippen LogP contribution >= 0.6 is 0 Å². The third-order valence-electron chi connectivity index (χ3n) is 5.44. The fraction of sp³-hybridized carbons (Fsp3) is 0.400. The molecule has 7 nitrogen and oxygen atoms in total. The van der Waals surface area contributed by atoms with Crippen molar-refractivity contribution in [3.05, 3.63) is 65.5 Å². The number of aliphatic hydroxyl groups is 1. The normalized spacial score (nSPS) is 17.9. The number of carbonyl (C=O) groups is 2. The third kappa shape index (κ3) is 5.34. The van der Waals surface area contributed by atoms with E-state index in [1.165, 1.54) is 4.90 Å². The molecule has 170 valence electrons. The van der Waals surface area contributed by atoms with Crippen molar-refractivity contribution in [3.8, 4) is 5.75 Å². The number of pyridine rings is 1. The van der Waals surface area contributed by atoms with E-state index in [9.17, 15) is 14.7 Å². The second kappa shape index (κ2) is 10.9. The highest BCUT2D eigenvalue weighted by Crippen LogP contribution is 2.39. The third-order valence-corrected chi connectivity index (χ3v) is 5.44. The van der Waals surface area contributed by atoms with Gasteiger partial charge in [-0.25, -0.2) is 0 Å². The molecular formula is C25H31N3O4. The summed E-state index contributed by atoms with van der Waals surface area (Å²) in [7, 11) is 3.92. The zero-order chi connectivity index (χ0) is 23.1. The van der Waals surface area contributed by atoms with E-state index >= 15 is 0 Å². The molecule has 0 spiro atoms. The summed E-state index contributed by atoms with van der Waals surface area (Å²) in [6.45, 7) is 3.91. The van der Waals surface area contributed by atoms with Crippen molar-refractivity contribution < 1.29 is 19.4 Å². The first-order chi connectivity index (χ1) is 15.4. The number of Topliss-reactive ketones (excluding diaryl/α,β-unsaturated/α-hetero) is 1. The number of nitrogens with zero attached hydrogens (tertiary/aromatic N) is 3. The fourth-order valence-electron chi connectivity index (χ4n) is 3.75. The average molecular weight is 438 g/mol. The Labute approximate surface area is 189 Å². The maximum atomic E-state index is 13.0. The largest absolute Gasteiger partial charge is 0.507 e. The molecule has 2 aromatic rings. The van der Waals surface area contributed by atoms with Crippen molar-refractivity contribution in [2.75, 3.05) is 33.8 Å². The molecule has 1 atom stereocenters. The minimum Gasteiger partial charge on any atom is -0.507 e. The number of ketones is 1. The first-order valence-electron chi connectivity index (χ1n) is 11.0. The first kappa shape index (κ1) is 23.5. The number of amides is 1. The van der Waals surface area contributed by atoms with Gasteiger partial charge in [-0.2, -0.15) is 0 Å². The molecule has 32 heavy (non-hydrogen) atoms. The van der Waals surface area contributed by atoms with Gasteiger partial charge in [-0.3, -0.25) is 14.6 Å². The Morgan fingerprint density at radius 2 is 1.91 bits per heavy atom. The summed E-state index contributed by atoms with van der Waals surface area (Å²) >= 11 is 0. The zero-order valence-corrected chi connectivity index (χ0v) is 19.0. The molecule has 1 aliphatic heterocycles. The summed E-state index contributed by atoms with van der Waals surface area (Å²) in [5.74, 6) is -0.765. The molecular weight excluding hydrogens is 406 g/mol. The Balaban J connectivity index is 1.95. The number of unbranched alkanes of at least 4 members (excludes halogenated alkanes) is 1. The number of hydrogen-bond acceptors (Lipinski definition) is 6. The van der Waals surface area contributed by atoms with Crippen LogP contribution in [0.4, 0.5) is 0 Å². The molecule has 1 aromatic heterocycles. The van der Waals surface area contributed by atoms with Crippen molar-refractivity contribution in [1.29, 1.82) is 0 Å². The van der Waals surface area contributed by atoms with Crippen molar-refractivity contribution in [2.24, 2.45) is 0 Å². The van der Waals surface area contributed by atoms with Crippen LogP contribution in [0.3, 0.4) is 0 Å². The lowest BCUT2D eigenvalue weighted by Gasteiger charge is -2.25. The van der Waals surface area contributed by atoms with E-state index in [0.717, 1.165) is 19.4 Å². The van der Waals surface area contributed by atoms with Crippen LogP contribution in [-0.4, -0.2) is 65.4 Å². The maximum Gasteiger partial charge on any atom is 0.295 e. The number of likely N-dealkylation sites (tertiary alicyclic amines) is 1. The smallest absolute Gasteiger partial charge is 0.295 e. The second-order valence-electron chi connectivity index (χ2n) is 8.16. The average Bonchev–Trinajstić information content (AvgIpc) is 3.04. The molecule has 0 radical (unpaired) electrons. The summed E-state index contributed by atoms with van der Waals surface area (Å²) < 4.78 is 5.68. The van der Waals surface area contributed by atoms with Gasteiger partial charge in [-0.15, -0.1) is 0 Å². The summed E-state index contributed by atoms with van der Waals surface area (Å²) in [4.78, 5) is 33.6. The van der Waals surface area contributed by atoms with Crippen molar-refractivity contribution >= 4 is 17.4 Å². The summed E-state index contributed by atoms with van der Waals surface area (Å²) in [5.41, 5.74) is 1.25. The van der Waals surface area contributed by atoms with Gasteiger partial charge in [0.25, 0.3) is 11.7 Å². The van der Waals surface area contributed by atoms with Gasteiger partial charge in [0.15, 0.2) is 0 Å². The van der Waals surface area contributed by atoms with Gasteiger partial charge >= 0.3 is 0 Å². The molecule has 1 aliphatic rings. The molecule has 0 bridgehead atoms. The van der Waals surface area contributed by atoms with Gasteiger partial charge in [0, 0.05) is 24.5 Å². The Kier molecular flexibility index (Phi) is 8.00. The van der Waals surface area contributed by atoms with Gasteiger partial charge in [0.05, 0.1) is 18.2 Å². The topological polar surface area (TPSA) is 83.0 Å². The SMILES string of the molecule is CCCCOc1ccc(C(O)=C2C(=O)C(=O)N(CCCN(C)C)C2c2cccnc2)cc1. The molecule has 1 amide bonds. The highest BCUT2D eigenvalue weighted by atomic mass is 16.5. The predicted octanol–water partition coefficient (Wildman–Crippen LogP) is 3.63.